The van der Waals surface area contributed by atoms with Crippen molar-refractivity contribution in [2.75, 3.05) is 31.9 Å². The van der Waals surface area contributed by atoms with Crippen LogP contribution in [0.1, 0.15) is 47.0 Å². The van der Waals surface area contributed by atoms with E-state index in [9.17, 15) is 0 Å². The van der Waals surface area contributed by atoms with Crippen LogP contribution in [0.15, 0.2) is 0 Å². The summed E-state index contributed by atoms with van der Waals surface area (Å²) in [6.07, 6.45) is 3.97. The molecule has 0 aromatic heterocycles. The Labute approximate surface area is 118 Å². The molecule has 2 unspecified atom stereocenters. The maximum absolute atomic E-state index is 3.67. The molecule has 1 fully saturated rings. The third kappa shape index (κ3) is 7.01. The predicted octanol–water partition coefficient (Wildman–Crippen LogP) is 3.23. The maximum atomic E-state index is 3.67. The highest BCUT2D eigenvalue weighted by Gasteiger charge is 2.18. The Hall–Kier alpha value is 0.270. The lowest BCUT2D eigenvalue weighted by molar-refractivity contribution is 0.274. The number of hydrogen-bond donors (Lipinski definition) is 1. The van der Waals surface area contributed by atoms with Gasteiger partial charge in [-0.2, -0.15) is 11.8 Å². The van der Waals surface area contributed by atoms with E-state index < -0.39 is 0 Å². The fraction of sp³-hybridized carbons (Fsp3) is 1.00. The minimum absolute atomic E-state index is 0.675. The molecule has 2 atom stereocenters. The quantitative estimate of drug-likeness (QED) is 0.730. The summed E-state index contributed by atoms with van der Waals surface area (Å²) in [5, 5.41) is 4.54. The van der Waals surface area contributed by atoms with E-state index in [1.54, 1.807) is 0 Å². The first-order valence-corrected chi connectivity index (χ1v) is 8.74. The first-order chi connectivity index (χ1) is 8.61. The molecule has 0 aromatic rings. The van der Waals surface area contributed by atoms with Gasteiger partial charge in [-0.15, -0.1) is 0 Å². The molecule has 1 aliphatic heterocycles. The minimum atomic E-state index is 0.675. The van der Waals surface area contributed by atoms with E-state index in [1.807, 2.05) is 0 Å². The number of rotatable bonds is 8. The van der Waals surface area contributed by atoms with Gasteiger partial charge in [0.05, 0.1) is 0 Å². The van der Waals surface area contributed by atoms with E-state index in [4.69, 9.17) is 0 Å². The van der Waals surface area contributed by atoms with Crippen molar-refractivity contribution >= 4 is 11.8 Å². The Morgan fingerprint density at radius 2 is 2.06 bits per heavy atom. The van der Waals surface area contributed by atoms with Crippen LogP contribution in [0.25, 0.3) is 0 Å². The fourth-order valence-electron chi connectivity index (χ4n) is 2.38. The molecule has 18 heavy (non-hydrogen) atoms. The van der Waals surface area contributed by atoms with Crippen LogP contribution in [0.2, 0.25) is 0 Å². The zero-order valence-corrected chi connectivity index (χ0v) is 13.6. The first kappa shape index (κ1) is 16.3. The molecule has 1 rings (SSSR count). The predicted molar refractivity (Wildman–Crippen MR) is 84.5 cm³/mol. The molecule has 0 saturated carbocycles. The van der Waals surface area contributed by atoms with Gasteiger partial charge in [0.15, 0.2) is 0 Å². The molecule has 1 heterocycles. The number of nitrogens with zero attached hydrogens (tertiary/aromatic N) is 1. The number of thioether (sulfide) groups is 1. The van der Waals surface area contributed by atoms with E-state index in [0.717, 1.165) is 17.7 Å². The summed E-state index contributed by atoms with van der Waals surface area (Å²) in [5.41, 5.74) is 0. The molecule has 0 radical (unpaired) electrons. The van der Waals surface area contributed by atoms with Crippen molar-refractivity contribution in [1.82, 2.24) is 10.2 Å². The second kappa shape index (κ2) is 9.22. The van der Waals surface area contributed by atoms with Crippen molar-refractivity contribution in [1.29, 1.82) is 0 Å². The second-order valence-electron chi connectivity index (χ2n) is 6.03. The largest absolute Gasteiger partial charge is 0.313 e. The molecule has 0 amide bonds. The summed E-state index contributed by atoms with van der Waals surface area (Å²) in [5.74, 6) is 2.15. The van der Waals surface area contributed by atoms with Gasteiger partial charge < -0.3 is 10.2 Å². The summed E-state index contributed by atoms with van der Waals surface area (Å²) in [4.78, 5) is 2.63. The van der Waals surface area contributed by atoms with Crippen LogP contribution in [0.4, 0.5) is 0 Å². The van der Waals surface area contributed by atoms with Gasteiger partial charge in [0.2, 0.25) is 0 Å². The smallest absolute Gasteiger partial charge is 0.0172 e. The van der Waals surface area contributed by atoms with E-state index in [1.165, 1.54) is 44.6 Å². The van der Waals surface area contributed by atoms with Crippen LogP contribution in [0.5, 0.6) is 0 Å². The van der Waals surface area contributed by atoms with Crippen molar-refractivity contribution in [3.63, 3.8) is 0 Å². The van der Waals surface area contributed by atoms with Gasteiger partial charge in [-0.3, -0.25) is 0 Å². The third-order valence-electron chi connectivity index (χ3n) is 3.78. The van der Waals surface area contributed by atoms with Gasteiger partial charge >= 0.3 is 0 Å². The second-order valence-corrected chi connectivity index (χ2v) is 7.44. The molecule has 0 spiro atoms. The Balaban J connectivity index is 2.06. The lowest BCUT2D eigenvalue weighted by Gasteiger charge is -2.32. The van der Waals surface area contributed by atoms with Crippen LogP contribution in [-0.4, -0.2) is 48.1 Å². The summed E-state index contributed by atoms with van der Waals surface area (Å²) in [6, 6.07) is 0.675. The molecule has 3 heteroatoms. The standard InChI is InChI=1S/C15H32N2S/c1-5-15-12-17(10-11-18-15)9-8-16-14(4)7-6-13(2)3/h13-16H,5-12H2,1-4H3. The Bertz CT molecular complexity index is 209. The summed E-state index contributed by atoms with van der Waals surface area (Å²) in [6.45, 7) is 14.2. The SMILES string of the molecule is CCC1CN(CCNC(C)CCC(C)C)CCS1. The van der Waals surface area contributed by atoms with Crippen molar-refractivity contribution < 1.29 is 0 Å². The molecule has 2 nitrogen and oxygen atoms in total. The lowest BCUT2D eigenvalue weighted by atomic mass is 10.0. The molecule has 1 N–H and O–H groups in total. The highest BCUT2D eigenvalue weighted by molar-refractivity contribution is 8.00. The van der Waals surface area contributed by atoms with Crippen LogP contribution in [0.3, 0.4) is 0 Å². The summed E-state index contributed by atoms with van der Waals surface area (Å²) in [7, 11) is 0. The Kier molecular flexibility index (Phi) is 8.36. The third-order valence-corrected chi connectivity index (χ3v) is 5.15. The van der Waals surface area contributed by atoms with Crippen molar-refractivity contribution in [2.45, 2.75) is 58.2 Å². The molecule has 1 aliphatic rings. The normalized spacial score (nSPS) is 23.5. The van der Waals surface area contributed by atoms with Gasteiger partial charge in [-0.1, -0.05) is 20.8 Å². The molecule has 0 aromatic carbocycles. The topological polar surface area (TPSA) is 15.3 Å². The van der Waals surface area contributed by atoms with E-state index >= 15 is 0 Å². The molecule has 0 bridgehead atoms. The molecule has 1 saturated heterocycles. The van der Waals surface area contributed by atoms with E-state index in [2.05, 4.69) is 49.7 Å². The fourth-order valence-corrected chi connectivity index (χ4v) is 3.63. The van der Waals surface area contributed by atoms with Gasteiger partial charge in [0.25, 0.3) is 0 Å². The summed E-state index contributed by atoms with van der Waals surface area (Å²) < 4.78 is 0. The van der Waals surface area contributed by atoms with Gasteiger partial charge in [-0.25, -0.2) is 0 Å². The van der Waals surface area contributed by atoms with Crippen LogP contribution in [0, 0.1) is 5.92 Å². The highest BCUT2D eigenvalue weighted by Crippen LogP contribution is 2.20. The average molecular weight is 273 g/mol. The van der Waals surface area contributed by atoms with Crippen molar-refractivity contribution in [2.24, 2.45) is 5.92 Å². The molecule has 0 aliphatic carbocycles. The van der Waals surface area contributed by atoms with Crippen molar-refractivity contribution in [3.8, 4) is 0 Å². The molecular formula is C15H32N2S. The average Bonchev–Trinajstić information content (AvgIpc) is 2.36. The zero-order chi connectivity index (χ0) is 13.4. The Morgan fingerprint density at radius 3 is 2.72 bits per heavy atom. The van der Waals surface area contributed by atoms with Gasteiger partial charge in [0.1, 0.15) is 0 Å². The highest BCUT2D eigenvalue weighted by atomic mass is 32.2. The summed E-state index contributed by atoms with van der Waals surface area (Å²) >= 11 is 2.16. The zero-order valence-electron chi connectivity index (χ0n) is 12.7. The van der Waals surface area contributed by atoms with Crippen molar-refractivity contribution in [3.05, 3.63) is 0 Å². The minimum Gasteiger partial charge on any atom is -0.313 e. The molecule has 108 valence electrons. The Morgan fingerprint density at radius 1 is 1.28 bits per heavy atom. The number of hydrogen-bond acceptors (Lipinski definition) is 3. The van der Waals surface area contributed by atoms with E-state index in [-0.39, 0.29) is 0 Å². The maximum Gasteiger partial charge on any atom is 0.0172 e. The molecular weight excluding hydrogens is 240 g/mol. The van der Waals surface area contributed by atoms with Gasteiger partial charge in [-0.05, 0) is 32.1 Å². The number of nitrogens with one attached hydrogen (secondary N) is 1. The van der Waals surface area contributed by atoms with E-state index in [0.29, 0.717) is 6.04 Å². The lowest BCUT2D eigenvalue weighted by Crippen LogP contribution is -2.42. The first-order valence-electron chi connectivity index (χ1n) is 7.69. The van der Waals surface area contributed by atoms with Gasteiger partial charge in [0, 0.05) is 43.2 Å². The van der Waals surface area contributed by atoms with Crippen LogP contribution < -0.4 is 5.32 Å². The van der Waals surface area contributed by atoms with Crippen LogP contribution in [-0.2, 0) is 0 Å². The monoisotopic (exact) mass is 272 g/mol. The van der Waals surface area contributed by atoms with Crippen LogP contribution >= 0.6 is 11.8 Å².